The molecule has 0 aromatic rings. The summed E-state index contributed by atoms with van der Waals surface area (Å²) in [6, 6.07) is 0. The molecule has 84 valence electrons. The van der Waals surface area contributed by atoms with Gasteiger partial charge in [-0.2, -0.15) is 0 Å². The summed E-state index contributed by atoms with van der Waals surface area (Å²) in [5.74, 6) is -0.0955. The van der Waals surface area contributed by atoms with Gasteiger partial charge in [-0.3, -0.25) is 4.79 Å². The van der Waals surface area contributed by atoms with Crippen LogP contribution in [0.5, 0.6) is 0 Å². The van der Waals surface area contributed by atoms with Gasteiger partial charge in [0.1, 0.15) is 0 Å². The van der Waals surface area contributed by atoms with Crippen molar-refractivity contribution in [2.45, 2.75) is 19.8 Å². The fraction of sp³-hybridized carbons (Fsp3) is 0.900. The number of hydrogen-bond acceptors (Lipinski definition) is 4. The van der Waals surface area contributed by atoms with E-state index in [4.69, 9.17) is 4.74 Å². The van der Waals surface area contributed by atoms with Crippen LogP contribution in [-0.2, 0) is 9.53 Å². The molecule has 0 aromatic carbocycles. The fourth-order valence-electron chi connectivity index (χ4n) is 1.02. The summed E-state index contributed by atoms with van der Waals surface area (Å²) in [6.07, 6.45) is 1.37. The Bertz CT molecular complexity index is 149. The molecule has 0 aliphatic carbocycles. The molecule has 0 atom stereocenters. The molecule has 1 N–H and O–H groups in total. The number of rotatable bonds is 8. The van der Waals surface area contributed by atoms with Gasteiger partial charge in [0.25, 0.3) is 0 Å². The highest BCUT2D eigenvalue weighted by Gasteiger charge is 1.99. The van der Waals surface area contributed by atoms with Gasteiger partial charge in [-0.05, 0) is 34.0 Å². The maximum absolute atomic E-state index is 10.9. The Labute approximate surface area is 86.6 Å². The first kappa shape index (κ1) is 13.4. The van der Waals surface area contributed by atoms with Gasteiger partial charge in [0, 0.05) is 19.5 Å². The van der Waals surface area contributed by atoms with E-state index in [1.54, 1.807) is 0 Å². The van der Waals surface area contributed by atoms with Crippen LogP contribution in [0.15, 0.2) is 0 Å². The van der Waals surface area contributed by atoms with E-state index in [0.717, 1.165) is 26.1 Å². The molecule has 0 fully saturated rings. The number of esters is 1. The van der Waals surface area contributed by atoms with Gasteiger partial charge < -0.3 is 15.0 Å². The van der Waals surface area contributed by atoms with Crippen molar-refractivity contribution in [3.8, 4) is 0 Å². The largest absolute Gasteiger partial charge is 0.466 e. The van der Waals surface area contributed by atoms with Gasteiger partial charge in [-0.15, -0.1) is 0 Å². The van der Waals surface area contributed by atoms with E-state index in [0.29, 0.717) is 13.0 Å². The van der Waals surface area contributed by atoms with Gasteiger partial charge >= 0.3 is 5.97 Å². The van der Waals surface area contributed by atoms with E-state index in [9.17, 15) is 4.79 Å². The van der Waals surface area contributed by atoms with E-state index in [-0.39, 0.29) is 5.97 Å². The Morgan fingerprint density at radius 2 is 2.07 bits per heavy atom. The predicted octanol–water partition coefficient (Wildman–Crippen LogP) is 0.481. The quantitative estimate of drug-likeness (QED) is 0.459. The number of likely N-dealkylation sites (N-methyl/N-ethyl adjacent to an activating group) is 1. The summed E-state index contributed by atoms with van der Waals surface area (Å²) in [6.45, 7) is 5.18. The first-order valence-electron chi connectivity index (χ1n) is 5.18. The molecule has 0 saturated heterocycles. The summed E-state index contributed by atoms with van der Waals surface area (Å²) < 4.78 is 4.81. The predicted molar refractivity (Wildman–Crippen MR) is 57.3 cm³/mol. The normalized spacial score (nSPS) is 10.6. The summed E-state index contributed by atoms with van der Waals surface area (Å²) in [7, 11) is 4.08. The number of hydrogen-bond donors (Lipinski definition) is 1. The minimum Gasteiger partial charge on any atom is -0.466 e. The van der Waals surface area contributed by atoms with Crippen LogP contribution < -0.4 is 5.32 Å². The van der Waals surface area contributed by atoms with Crippen LogP contribution in [0.3, 0.4) is 0 Å². The van der Waals surface area contributed by atoms with Crippen molar-refractivity contribution in [3.05, 3.63) is 0 Å². The maximum Gasteiger partial charge on any atom is 0.305 e. The van der Waals surface area contributed by atoms with Crippen LogP contribution >= 0.6 is 0 Å². The van der Waals surface area contributed by atoms with Crippen molar-refractivity contribution in [2.75, 3.05) is 40.3 Å². The average Bonchev–Trinajstić information content (AvgIpc) is 2.11. The minimum absolute atomic E-state index is 0.0955. The first-order chi connectivity index (χ1) is 6.66. The second-order valence-corrected chi connectivity index (χ2v) is 3.46. The molecule has 0 heterocycles. The zero-order valence-corrected chi connectivity index (χ0v) is 9.51. The van der Waals surface area contributed by atoms with Gasteiger partial charge in [0.15, 0.2) is 0 Å². The third kappa shape index (κ3) is 9.48. The van der Waals surface area contributed by atoms with Crippen LogP contribution in [0.2, 0.25) is 0 Å². The first-order valence-corrected chi connectivity index (χ1v) is 5.18. The Kier molecular flexibility index (Phi) is 8.57. The van der Waals surface area contributed by atoms with Gasteiger partial charge in [0.2, 0.25) is 0 Å². The number of ether oxygens (including phenoxy) is 1. The SMILES string of the molecule is CCOC(=O)CCCNCCN(C)C. The molecular weight excluding hydrogens is 180 g/mol. The van der Waals surface area contributed by atoms with Crippen LogP contribution in [-0.4, -0.2) is 51.2 Å². The van der Waals surface area contributed by atoms with E-state index in [2.05, 4.69) is 10.2 Å². The van der Waals surface area contributed by atoms with Gasteiger partial charge in [-0.25, -0.2) is 0 Å². The zero-order valence-electron chi connectivity index (χ0n) is 9.51. The van der Waals surface area contributed by atoms with E-state index in [1.807, 2.05) is 21.0 Å². The lowest BCUT2D eigenvalue weighted by Crippen LogP contribution is -2.27. The third-order valence-electron chi connectivity index (χ3n) is 1.78. The molecule has 0 aromatic heterocycles. The molecule has 4 heteroatoms. The van der Waals surface area contributed by atoms with Crippen LogP contribution in [0, 0.1) is 0 Å². The highest BCUT2D eigenvalue weighted by Crippen LogP contribution is 1.90. The molecule has 0 amide bonds. The lowest BCUT2D eigenvalue weighted by Gasteiger charge is -2.09. The molecule has 0 saturated carbocycles. The highest BCUT2D eigenvalue weighted by molar-refractivity contribution is 5.69. The smallest absolute Gasteiger partial charge is 0.305 e. The maximum atomic E-state index is 10.9. The highest BCUT2D eigenvalue weighted by atomic mass is 16.5. The molecular formula is C10H22N2O2. The molecule has 0 rings (SSSR count). The lowest BCUT2D eigenvalue weighted by atomic mass is 10.3. The average molecular weight is 202 g/mol. The molecule has 0 aliphatic heterocycles. The zero-order chi connectivity index (χ0) is 10.8. The summed E-state index contributed by atoms with van der Waals surface area (Å²) in [5, 5.41) is 3.26. The van der Waals surface area contributed by atoms with Crippen molar-refractivity contribution < 1.29 is 9.53 Å². The summed E-state index contributed by atoms with van der Waals surface area (Å²) in [5.41, 5.74) is 0. The number of carbonyl (C=O) groups is 1. The van der Waals surface area contributed by atoms with Crippen molar-refractivity contribution in [1.82, 2.24) is 10.2 Å². The second-order valence-electron chi connectivity index (χ2n) is 3.46. The van der Waals surface area contributed by atoms with E-state index in [1.165, 1.54) is 0 Å². The van der Waals surface area contributed by atoms with Crippen LogP contribution in [0.1, 0.15) is 19.8 Å². The fourth-order valence-corrected chi connectivity index (χ4v) is 1.02. The van der Waals surface area contributed by atoms with Crippen molar-refractivity contribution in [1.29, 1.82) is 0 Å². The number of nitrogens with zero attached hydrogens (tertiary/aromatic N) is 1. The van der Waals surface area contributed by atoms with Crippen LogP contribution in [0.25, 0.3) is 0 Å². The summed E-state index contributed by atoms with van der Waals surface area (Å²) in [4.78, 5) is 13.0. The molecule has 0 bridgehead atoms. The molecule has 0 unspecified atom stereocenters. The third-order valence-corrected chi connectivity index (χ3v) is 1.78. The molecule has 0 radical (unpaired) electrons. The second kappa shape index (κ2) is 8.97. The topological polar surface area (TPSA) is 41.6 Å². The van der Waals surface area contributed by atoms with Crippen molar-refractivity contribution >= 4 is 5.97 Å². The van der Waals surface area contributed by atoms with E-state index < -0.39 is 0 Å². The Morgan fingerprint density at radius 1 is 1.36 bits per heavy atom. The standard InChI is InChI=1S/C10H22N2O2/c1-4-14-10(13)6-5-7-11-8-9-12(2)3/h11H,4-9H2,1-3H3. The molecule has 4 nitrogen and oxygen atoms in total. The van der Waals surface area contributed by atoms with E-state index >= 15 is 0 Å². The van der Waals surface area contributed by atoms with Gasteiger partial charge in [0.05, 0.1) is 6.61 Å². The Balaban J connectivity index is 3.09. The number of nitrogens with one attached hydrogen (secondary N) is 1. The molecule has 0 spiro atoms. The van der Waals surface area contributed by atoms with Gasteiger partial charge in [-0.1, -0.05) is 0 Å². The van der Waals surface area contributed by atoms with Crippen molar-refractivity contribution in [3.63, 3.8) is 0 Å². The number of carbonyl (C=O) groups excluding carboxylic acids is 1. The summed E-state index contributed by atoms with van der Waals surface area (Å²) >= 11 is 0. The van der Waals surface area contributed by atoms with Crippen molar-refractivity contribution in [2.24, 2.45) is 0 Å². The Hall–Kier alpha value is -0.610. The Morgan fingerprint density at radius 3 is 2.64 bits per heavy atom. The molecule has 0 aliphatic rings. The monoisotopic (exact) mass is 202 g/mol. The lowest BCUT2D eigenvalue weighted by molar-refractivity contribution is -0.143. The molecule has 14 heavy (non-hydrogen) atoms. The minimum atomic E-state index is -0.0955. The van der Waals surface area contributed by atoms with Crippen LogP contribution in [0.4, 0.5) is 0 Å².